The lowest BCUT2D eigenvalue weighted by atomic mass is 10.3. The third-order valence-corrected chi connectivity index (χ3v) is 2.60. The highest BCUT2D eigenvalue weighted by atomic mass is 16.7. The van der Waals surface area contributed by atoms with Crippen molar-refractivity contribution in [1.29, 1.82) is 5.41 Å². The van der Waals surface area contributed by atoms with Crippen LogP contribution in [0.1, 0.15) is 5.69 Å². The summed E-state index contributed by atoms with van der Waals surface area (Å²) in [5.41, 5.74) is 5.76. The highest BCUT2D eigenvalue weighted by Gasteiger charge is 2.15. The minimum atomic E-state index is -0.142. The number of hydrogen-bond donors (Lipinski definition) is 2. The van der Waals surface area contributed by atoms with Crippen LogP contribution in [0, 0.1) is 5.41 Å². The Kier molecular flexibility index (Phi) is 2.68. The number of amidine groups is 1. The van der Waals surface area contributed by atoms with Crippen molar-refractivity contribution in [3.63, 3.8) is 0 Å². The molecule has 1 aliphatic heterocycles. The van der Waals surface area contributed by atoms with Crippen molar-refractivity contribution >= 4 is 5.84 Å². The predicted molar refractivity (Wildman–Crippen MR) is 67.9 cm³/mol. The lowest BCUT2D eigenvalue weighted by molar-refractivity contribution is 0.174. The van der Waals surface area contributed by atoms with Crippen LogP contribution >= 0.6 is 0 Å². The predicted octanol–water partition coefficient (Wildman–Crippen LogP) is 1.89. The number of fused-ring (bicyclic) bond motifs is 1. The van der Waals surface area contributed by atoms with Crippen LogP contribution in [0.4, 0.5) is 0 Å². The average molecular weight is 257 g/mol. The Balaban J connectivity index is 1.91. The van der Waals surface area contributed by atoms with Crippen molar-refractivity contribution in [3.8, 4) is 23.0 Å². The molecule has 0 atom stereocenters. The fourth-order valence-corrected chi connectivity index (χ4v) is 1.74. The third-order valence-electron chi connectivity index (χ3n) is 2.60. The van der Waals surface area contributed by atoms with Gasteiger partial charge in [-0.3, -0.25) is 5.41 Å². The molecule has 0 aliphatic carbocycles. The molecule has 6 nitrogen and oxygen atoms in total. The quantitative estimate of drug-likeness (QED) is 0.647. The molecule has 0 spiro atoms. The molecule has 1 aliphatic rings. The van der Waals surface area contributed by atoms with Gasteiger partial charge in [-0.15, -0.1) is 0 Å². The second kappa shape index (κ2) is 4.49. The van der Waals surface area contributed by atoms with E-state index in [9.17, 15) is 0 Å². The van der Waals surface area contributed by atoms with Crippen LogP contribution in [0.2, 0.25) is 0 Å². The lowest BCUT2D eigenvalue weighted by Crippen LogP contribution is -2.14. The molecule has 0 saturated heterocycles. The molecule has 3 rings (SSSR count). The molecule has 0 unspecified atom stereocenters. The van der Waals surface area contributed by atoms with E-state index in [4.69, 9.17) is 25.4 Å². The van der Waals surface area contributed by atoms with E-state index < -0.39 is 0 Å². The largest absolute Gasteiger partial charge is 0.455 e. The number of nitrogens with zero attached hydrogens (tertiary/aromatic N) is 1. The van der Waals surface area contributed by atoms with Gasteiger partial charge < -0.3 is 19.9 Å². The molecule has 1 aromatic carbocycles. The number of hydrogen-bond acceptors (Lipinski definition) is 5. The Morgan fingerprint density at radius 3 is 2.95 bits per heavy atom. The molecule has 0 amide bonds. The molecule has 1 aromatic heterocycles. The van der Waals surface area contributed by atoms with Gasteiger partial charge >= 0.3 is 0 Å². The second-order valence-electron chi connectivity index (χ2n) is 3.88. The molecule has 0 saturated carbocycles. The molecule has 6 heteroatoms. The molecule has 19 heavy (non-hydrogen) atoms. The number of nitrogens with two attached hydrogens (primary N) is 1. The van der Waals surface area contributed by atoms with Crippen molar-refractivity contribution in [2.24, 2.45) is 5.73 Å². The summed E-state index contributed by atoms with van der Waals surface area (Å²) < 4.78 is 16.2. The highest BCUT2D eigenvalue weighted by molar-refractivity contribution is 5.95. The fraction of sp³-hybridized carbons (Fsp3) is 0.0769. The van der Waals surface area contributed by atoms with Crippen LogP contribution in [-0.4, -0.2) is 17.6 Å². The van der Waals surface area contributed by atoms with Gasteiger partial charge in [0.05, 0.1) is 0 Å². The summed E-state index contributed by atoms with van der Waals surface area (Å²) in [6.07, 6.45) is 1.56. The first kappa shape index (κ1) is 11.3. The molecule has 96 valence electrons. The van der Waals surface area contributed by atoms with E-state index in [1.54, 1.807) is 36.5 Å². The van der Waals surface area contributed by atoms with Gasteiger partial charge in [0.2, 0.25) is 6.79 Å². The number of rotatable bonds is 3. The van der Waals surface area contributed by atoms with Crippen molar-refractivity contribution in [2.45, 2.75) is 0 Å². The zero-order valence-electron chi connectivity index (χ0n) is 9.92. The van der Waals surface area contributed by atoms with Crippen LogP contribution < -0.4 is 19.9 Å². The Morgan fingerprint density at radius 2 is 2.11 bits per heavy atom. The summed E-state index contributed by atoms with van der Waals surface area (Å²) in [5.74, 6) is 2.17. The lowest BCUT2D eigenvalue weighted by Gasteiger charge is -2.09. The summed E-state index contributed by atoms with van der Waals surface area (Å²) in [7, 11) is 0. The molecular formula is C13H11N3O3. The number of nitrogen functional groups attached to an aromatic ring is 1. The van der Waals surface area contributed by atoms with Crippen molar-refractivity contribution in [2.75, 3.05) is 6.79 Å². The number of benzene rings is 1. The van der Waals surface area contributed by atoms with E-state index in [0.29, 0.717) is 28.7 Å². The second-order valence-corrected chi connectivity index (χ2v) is 3.88. The van der Waals surface area contributed by atoms with Gasteiger partial charge in [-0.25, -0.2) is 4.98 Å². The monoisotopic (exact) mass is 257 g/mol. The molecule has 0 bridgehead atoms. The van der Waals surface area contributed by atoms with Crippen molar-refractivity contribution in [1.82, 2.24) is 4.98 Å². The summed E-state index contributed by atoms with van der Waals surface area (Å²) in [6, 6.07) is 8.66. The first-order valence-electron chi connectivity index (χ1n) is 5.61. The van der Waals surface area contributed by atoms with Gasteiger partial charge in [-0.1, -0.05) is 0 Å². The topological polar surface area (TPSA) is 90.5 Å². The molecule has 2 heterocycles. The number of aromatic nitrogens is 1. The number of nitrogens with one attached hydrogen (secondary N) is 1. The average Bonchev–Trinajstić information content (AvgIpc) is 2.86. The van der Waals surface area contributed by atoms with Crippen molar-refractivity contribution < 1.29 is 14.2 Å². The van der Waals surface area contributed by atoms with Gasteiger partial charge in [-0.05, 0) is 24.3 Å². The third kappa shape index (κ3) is 2.15. The number of pyridine rings is 1. The molecule has 2 aromatic rings. The van der Waals surface area contributed by atoms with E-state index >= 15 is 0 Å². The van der Waals surface area contributed by atoms with E-state index in [1.165, 1.54) is 0 Å². The smallest absolute Gasteiger partial charge is 0.231 e. The summed E-state index contributed by atoms with van der Waals surface area (Å²) in [5, 5.41) is 7.46. The maximum Gasteiger partial charge on any atom is 0.231 e. The van der Waals surface area contributed by atoms with Gasteiger partial charge in [0.25, 0.3) is 0 Å². The van der Waals surface area contributed by atoms with Crippen LogP contribution in [0.25, 0.3) is 0 Å². The van der Waals surface area contributed by atoms with Gasteiger partial charge in [0.1, 0.15) is 17.3 Å². The van der Waals surface area contributed by atoms with Gasteiger partial charge in [0, 0.05) is 12.3 Å². The maximum atomic E-state index is 7.46. The number of ether oxygens (including phenoxy) is 3. The van der Waals surface area contributed by atoms with E-state index in [-0.39, 0.29) is 12.6 Å². The fourth-order valence-electron chi connectivity index (χ4n) is 1.74. The van der Waals surface area contributed by atoms with Crippen LogP contribution in [0.5, 0.6) is 23.0 Å². The normalized spacial score (nSPS) is 12.2. The Bertz CT molecular complexity index is 643. The van der Waals surface area contributed by atoms with E-state index in [1.807, 2.05) is 0 Å². The van der Waals surface area contributed by atoms with Crippen LogP contribution in [0.15, 0.2) is 36.5 Å². The van der Waals surface area contributed by atoms with Gasteiger partial charge in [-0.2, -0.15) is 0 Å². The Labute approximate surface area is 109 Å². The zero-order chi connectivity index (χ0) is 13.2. The minimum Gasteiger partial charge on any atom is -0.455 e. The SMILES string of the molecule is N=C(N)c1ncccc1Oc1ccc2c(c1)OCO2. The van der Waals surface area contributed by atoms with Crippen LogP contribution in [0.3, 0.4) is 0 Å². The zero-order valence-corrected chi connectivity index (χ0v) is 9.92. The summed E-state index contributed by atoms with van der Waals surface area (Å²) in [4.78, 5) is 4.02. The maximum absolute atomic E-state index is 7.46. The highest BCUT2D eigenvalue weighted by Crippen LogP contribution is 2.36. The van der Waals surface area contributed by atoms with Crippen molar-refractivity contribution in [3.05, 3.63) is 42.2 Å². The summed E-state index contributed by atoms with van der Waals surface area (Å²) >= 11 is 0. The minimum absolute atomic E-state index is 0.142. The Hall–Kier alpha value is -2.76. The van der Waals surface area contributed by atoms with E-state index in [2.05, 4.69) is 4.98 Å². The Morgan fingerprint density at radius 1 is 1.26 bits per heavy atom. The molecular weight excluding hydrogens is 246 g/mol. The van der Waals surface area contributed by atoms with Gasteiger partial charge in [0.15, 0.2) is 17.2 Å². The standard InChI is InChI=1S/C13H11N3O3/c14-13(15)12-10(2-1-5-16-12)19-8-3-4-9-11(6-8)18-7-17-9/h1-6H,7H2,(H3,14,15). The first-order chi connectivity index (χ1) is 9.24. The molecule has 0 fully saturated rings. The van der Waals surface area contributed by atoms with E-state index in [0.717, 1.165) is 0 Å². The summed E-state index contributed by atoms with van der Waals surface area (Å²) in [6.45, 7) is 0.213. The molecule has 3 N–H and O–H groups in total. The van der Waals surface area contributed by atoms with Crippen LogP contribution in [-0.2, 0) is 0 Å². The first-order valence-corrected chi connectivity index (χ1v) is 5.61. The molecule has 0 radical (unpaired) electrons.